The summed E-state index contributed by atoms with van der Waals surface area (Å²) in [5.41, 5.74) is 0.804. The predicted molar refractivity (Wildman–Crippen MR) is 67.3 cm³/mol. The lowest BCUT2D eigenvalue weighted by Gasteiger charge is -1.99. The van der Waals surface area contributed by atoms with Crippen molar-refractivity contribution in [2.24, 2.45) is 0 Å². The third kappa shape index (κ3) is 2.21. The molecule has 3 nitrogen and oxygen atoms in total. The fourth-order valence-electron chi connectivity index (χ4n) is 1.17. The number of ketones is 1. The summed E-state index contributed by atoms with van der Waals surface area (Å²) >= 11 is 12.1. The van der Waals surface area contributed by atoms with Gasteiger partial charge in [0.2, 0.25) is 0 Å². The molecule has 6 heteroatoms. The zero-order valence-electron chi connectivity index (χ0n) is 8.31. The van der Waals surface area contributed by atoms with E-state index in [-0.39, 0.29) is 5.78 Å². The topological polar surface area (TPSA) is 34.9 Å². The molecule has 0 aliphatic carbocycles. The van der Waals surface area contributed by atoms with Gasteiger partial charge in [-0.25, -0.2) is 4.68 Å². The number of benzene rings is 1. The summed E-state index contributed by atoms with van der Waals surface area (Å²) in [5.74, 6) is -0.0798. The van der Waals surface area contributed by atoms with Crippen LogP contribution in [0.5, 0.6) is 0 Å². The van der Waals surface area contributed by atoms with E-state index in [4.69, 9.17) is 23.8 Å². The van der Waals surface area contributed by atoms with Crippen LogP contribution in [-0.4, -0.2) is 15.6 Å². The molecule has 82 valence electrons. The first kappa shape index (κ1) is 11.4. The number of Topliss-reactive ketones (excluding diaryl/α,β-unsaturated/α-hetero) is 1. The van der Waals surface area contributed by atoms with Crippen molar-refractivity contribution in [1.82, 2.24) is 9.78 Å². The minimum Gasteiger partial charge on any atom is -0.292 e. The first-order valence-electron chi connectivity index (χ1n) is 4.45. The second-order valence-electron chi connectivity index (χ2n) is 3.12. The lowest BCUT2D eigenvalue weighted by molar-refractivity contribution is 0.101. The molecule has 0 atom stereocenters. The quantitative estimate of drug-likeness (QED) is 0.619. The van der Waals surface area contributed by atoms with E-state index in [1.165, 1.54) is 18.3 Å². The zero-order chi connectivity index (χ0) is 11.7. The van der Waals surface area contributed by atoms with Crippen molar-refractivity contribution < 1.29 is 4.79 Å². The molecule has 2 rings (SSSR count). The Hall–Kier alpha value is -1.04. The van der Waals surface area contributed by atoms with E-state index in [2.05, 4.69) is 5.10 Å². The van der Waals surface area contributed by atoms with Gasteiger partial charge in [-0.2, -0.15) is 5.10 Å². The van der Waals surface area contributed by atoms with Gasteiger partial charge in [0.1, 0.15) is 0 Å². The second kappa shape index (κ2) is 4.45. The lowest BCUT2D eigenvalue weighted by Crippen LogP contribution is -1.99. The van der Waals surface area contributed by atoms with Gasteiger partial charge >= 0.3 is 0 Å². The van der Waals surface area contributed by atoms with Gasteiger partial charge in [0, 0.05) is 11.9 Å². The molecule has 0 amide bonds. The molecular formula is C10H7ClN2OS2. The molecule has 0 aliphatic heterocycles. The smallest absolute Gasteiger partial charge is 0.190 e. The van der Waals surface area contributed by atoms with E-state index in [1.54, 1.807) is 16.8 Å². The molecule has 0 saturated carbocycles. The third-order valence-corrected chi connectivity index (χ3v) is 3.51. The number of carbonyl (C=O) groups is 1. The van der Waals surface area contributed by atoms with Gasteiger partial charge < -0.3 is 0 Å². The zero-order valence-corrected chi connectivity index (χ0v) is 10.7. The number of nitrogens with zero attached hydrogens (tertiary/aromatic N) is 2. The van der Waals surface area contributed by atoms with Gasteiger partial charge in [0.25, 0.3) is 0 Å². The maximum Gasteiger partial charge on any atom is 0.190 e. The molecule has 0 bridgehead atoms. The number of hydrogen-bond donors (Lipinski definition) is 0. The predicted octanol–water partition coefficient (Wildman–Crippen LogP) is 3.52. The van der Waals surface area contributed by atoms with Crippen molar-refractivity contribution in [3.8, 4) is 5.69 Å². The first-order valence-corrected chi connectivity index (χ1v) is 6.05. The van der Waals surface area contributed by atoms with Crippen LogP contribution in [0.25, 0.3) is 5.69 Å². The van der Waals surface area contributed by atoms with Crippen LogP contribution in [0.2, 0.25) is 5.02 Å². The normalized spacial score (nSPS) is 10.4. The molecule has 16 heavy (non-hydrogen) atoms. The summed E-state index contributed by atoms with van der Waals surface area (Å²) in [6.07, 6.45) is 0. The Morgan fingerprint density at radius 3 is 2.56 bits per heavy atom. The Morgan fingerprint density at radius 2 is 2.06 bits per heavy atom. The van der Waals surface area contributed by atoms with Crippen molar-refractivity contribution in [2.45, 2.75) is 6.92 Å². The van der Waals surface area contributed by atoms with Gasteiger partial charge in [-0.3, -0.25) is 4.79 Å². The van der Waals surface area contributed by atoms with E-state index in [1.807, 2.05) is 12.1 Å². The average molecular weight is 271 g/mol. The first-order chi connectivity index (χ1) is 7.58. The second-order valence-corrected chi connectivity index (χ2v) is 5.18. The lowest BCUT2D eigenvalue weighted by atomic mass is 10.3. The number of hydrogen-bond acceptors (Lipinski definition) is 4. The molecule has 1 heterocycles. The number of rotatable bonds is 2. The third-order valence-electron chi connectivity index (χ3n) is 1.92. The van der Waals surface area contributed by atoms with Crippen molar-refractivity contribution in [3.05, 3.63) is 38.3 Å². The molecule has 0 fully saturated rings. The summed E-state index contributed by atoms with van der Waals surface area (Å²) < 4.78 is 2.11. The highest BCUT2D eigenvalue weighted by Gasteiger charge is 2.08. The standard InChI is InChI=1S/C10H7ClN2OS2/c1-6(14)9-12-13(10(15)16-9)8-4-2-7(11)3-5-8/h2-5H,1H3. The summed E-state index contributed by atoms with van der Waals surface area (Å²) in [5, 5.41) is 5.21. The van der Waals surface area contributed by atoms with Gasteiger partial charge in [-0.1, -0.05) is 22.9 Å². The fraction of sp³-hybridized carbons (Fsp3) is 0.100. The molecule has 0 radical (unpaired) electrons. The summed E-state index contributed by atoms with van der Waals surface area (Å²) in [7, 11) is 0. The van der Waals surface area contributed by atoms with E-state index in [9.17, 15) is 4.79 Å². The van der Waals surface area contributed by atoms with Crippen LogP contribution in [0.1, 0.15) is 16.7 Å². The van der Waals surface area contributed by atoms with Crippen LogP contribution in [0.15, 0.2) is 24.3 Å². The number of carbonyl (C=O) groups excluding carboxylic acids is 1. The Balaban J connectivity index is 2.52. The van der Waals surface area contributed by atoms with Crippen LogP contribution in [0.4, 0.5) is 0 Å². The minimum absolute atomic E-state index is 0.0798. The Morgan fingerprint density at radius 1 is 1.44 bits per heavy atom. The monoisotopic (exact) mass is 270 g/mol. The number of halogens is 1. The highest BCUT2D eigenvalue weighted by atomic mass is 35.5. The van der Waals surface area contributed by atoms with E-state index < -0.39 is 0 Å². The van der Waals surface area contributed by atoms with Gasteiger partial charge in [-0.15, -0.1) is 0 Å². The highest BCUT2D eigenvalue weighted by molar-refractivity contribution is 7.73. The van der Waals surface area contributed by atoms with Crippen LogP contribution in [0, 0.1) is 3.95 Å². The van der Waals surface area contributed by atoms with Crippen molar-refractivity contribution in [3.63, 3.8) is 0 Å². The van der Waals surface area contributed by atoms with Gasteiger partial charge in [0.15, 0.2) is 14.7 Å². The molecule has 1 aromatic heterocycles. The molecule has 0 saturated heterocycles. The SMILES string of the molecule is CC(=O)c1nn(-c2ccc(Cl)cc2)c(=S)s1. The van der Waals surface area contributed by atoms with Crippen molar-refractivity contribution in [1.29, 1.82) is 0 Å². The van der Waals surface area contributed by atoms with Crippen LogP contribution in [-0.2, 0) is 0 Å². The Bertz CT molecular complexity index is 586. The molecule has 0 N–H and O–H groups in total. The van der Waals surface area contributed by atoms with E-state index >= 15 is 0 Å². The maximum absolute atomic E-state index is 11.2. The van der Waals surface area contributed by atoms with E-state index in [0.29, 0.717) is 14.0 Å². The van der Waals surface area contributed by atoms with Crippen molar-refractivity contribution >= 4 is 40.9 Å². The maximum atomic E-state index is 11.2. The largest absolute Gasteiger partial charge is 0.292 e. The van der Waals surface area contributed by atoms with Crippen LogP contribution < -0.4 is 0 Å². The average Bonchev–Trinajstić information content (AvgIpc) is 2.62. The molecule has 0 spiro atoms. The molecule has 0 unspecified atom stereocenters. The minimum atomic E-state index is -0.0798. The molecule has 0 aliphatic rings. The summed E-state index contributed by atoms with van der Waals surface area (Å²) in [4.78, 5) is 11.2. The van der Waals surface area contributed by atoms with Crippen LogP contribution >= 0.6 is 35.2 Å². The fourth-order valence-corrected chi connectivity index (χ4v) is 2.34. The molecule has 2 aromatic rings. The van der Waals surface area contributed by atoms with Crippen molar-refractivity contribution in [2.75, 3.05) is 0 Å². The van der Waals surface area contributed by atoms with Crippen LogP contribution in [0.3, 0.4) is 0 Å². The Labute approximate surface area is 106 Å². The summed E-state index contributed by atoms with van der Waals surface area (Å²) in [6.45, 7) is 1.47. The Kier molecular flexibility index (Phi) is 3.18. The van der Waals surface area contributed by atoms with Gasteiger partial charge in [0.05, 0.1) is 5.69 Å². The van der Waals surface area contributed by atoms with E-state index in [0.717, 1.165) is 5.69 Å². The van der Waals surface area contributed by atoms with Gasteiger partial charge in [-0.05, 0) is 36.5 Å². The number of aromatic nitrogens is 2. The molecular weight excluding hydrogens is 264 g/mol. The molecule has 1 aromatic carbocycles. The summed E-state index contributed by atoms with van der Waals surface area (Å²) in [6, 6.07) is 7.13. The highest BCUT2D eigenvalue weighted by Crippen LogP contribution is 2.17.